The molecular formula is C18H24N2O3. The molecule has 0 saturated heterocycles. The number of benzene rings is 1. The maximum absolute atomic E-state index is 12.3. The number of hydrogen-bond acceptors (Lipinski definition) is 4. The Morgan fingerprint density at radius 2 is 2.00 bits per heavy atom. The van der Waals surface area contributed by atoms with Crippen molar-refractivity contribution in [3.8, 4) is 5.75 Å². The summed E-state index contributed by atoms with van der Waals surface area (Å²) in [6.45, 7) is 11.8. The second-order valence-electron chi connectivity index (χ2n) is 6.77. The molecule has 23 heavy (non-hydrogen) atoms. The molecule has 1 N–H and O–H groups in total. The summed E-state index contributed by atoms with van der Waals surface area (Å²) >= 11 is 0. The van der Waals surface area contributed by atoms with Gasteiger partial charge in [0.25, 0.3) is 5.91 Å². The highest BCUT2D eigenvalue weighted by Gasteiger charge is 2.22. The molecule has 1 heterocycles. The number of carbonyl (C=O) groups is 1. The van der Waals surface area contributed by atoms with Gasteiger partial charge in [0.1, 0.15) is 11.5 Å². The minimum absolute atomic E-state index is 0.156. The summed E-state index contributed by atoms with van der Waals surface area (Å²) in [6, 6.07) is 7.52. The van der Waals surface area contributed by atoms with Gasteiger partial charge >= 0.3 is 0 Å². The van der Waals surface area contributed by atoms with Gasteiger partial charge < -0.3 is 14.6 Å². The largest absolute Gasteiger partial charge is 0.481 e. The van der Waals surface area contributed by atoms with Crippen LogP contribution >= 0.6 is 0 Å². The normalized spacial score (nSPS) is 12.8. The van der Waals surface area contributed by atoms with E-state index in [1.165, 1.54) is 0 Å². The summed E-state index contributed by atoms with van der Waals surface area (Å²) in [6.07, 6.45) is -0.634. The zero-order chi connectivity index (χ0) is 17.2. The molecule has 0 fully saturated rings. The third-order valence-electron chi connectivity index (χ3n) is 3.73. The van der Waals surface area contributed by atoms with Crippen LogP contribution in [0.25, 0.3) is 0 Å². The number of amides is 1. The van der Waals surface area contributed by atoms with E-state index in [4.69, 9.17) is 9.26 Å². The van der Waals surface area contributed by atoms with E-state index in [2.05, 4.69) is 10.5 Å². The molecule has 2 rings (SSSR count). The van der Waals surface area contributed by atoms with E-state index in [1.807, 2.05) is 52.8 Å². The monoisotopic (exact) mass is 316 g/mol. The molecule has 0 radical (unpaired) electrons. The van der Waals surface area contributed by atoms with Crippen molar-refractivity contribution in [2.24, 2.45) is 0 Å². The highest BCUT2D eigenvalue weighted by molar-refractivity contribution is 5.93. The SMILES string of the molecule is Cc1cccc(O[C@@H](C)C(=O)Nc2cc(C(C)(C)C)on2)c1C. The van der Waals surface area contributed by atoms with E-state index in [0.29, 0.717) is 11.6 Å². The Balaban J connectivity index is 2.03. The fourth-order valence-electron chi connectivity index (χ4n) is 2.01. The molecular weight excluding hydrogens is 292 g/mol. The molecule has 5 nitrogen and oxygen atoms in total. The van der Waals surface area contributed by atoms with Crippen molar-refractivity contribution in [2.45, 2.75) is 53.1 Å². The van der Waals surface area contributed by atoms with Crippen molar-refractivity contribution in [1.29, 1.82) is 0 Å². The maximum Gasteiger partial charge on any atom is 0.266 e. The Bertz CT molecular complexity index is 699. The molecule has 0 spiro atoms. The van der Waals surface area contributed by atoms with Gasteiger partial charge in [-0.05, 0) is 38.0 Å². The van der Waals surface area contributed by atoms with E-state index in [-0.39, 0.29) is 11.3 Å². The van der Waals surface area contributed by atoms with Crippen LogP contribution in [0.4, 0.5) is 5.82 Å². The molecule has 124 valence electrons. The number of nitrogens with one attached hydrogen (secondary N) is 1. The first kappa shape index (κ1) is 17.1. The van der Waals surface area contributed by atoms with Crippen LogP contribution in [0.3, 0.4) is 0 Å². The minimum atomic E-state index is -0.634. The van der Waals surface area contributed by atoms with Crippen molar-refractivity contribution in [1.82, 2.24) is 5.16 Å². The first-order valence-corrected chi connectivity index (χ1v) is 7.69. The van der Waals surface area contributed by atoms with Gasteiger partial charge in [0, 0.05) is 11.5 Å². The molecule has 1 aromatic carbocycles. The van der Waals surface area contributed by atoms with Crippen molar-refractivity contribution in [3.05, 3.63) is 41.2 Å². The standard InChI is InChI=1S/C18H24N2O3/c1-11-8-7-9-14(12(11)2)22-13(3)17(21)19-16-10-15(23-20-16)18(4,5)6/h7-10,13H,1-6H3,(H,19,20,21)/t13-/m0/s1. The number of rotatable bonds is 4. The van der Waals surface area contributed by atoms with Crippen molar-refractivity contribution >= 4 is 11.7 Å². The summed E-state index contributed by atoms with van der Waals surface area (Å²) in [5.74, 6) is 1.56. The fourth-order valence-corrected chi connectivity index (χ4v) is 2.01. The van der Waals surface area contributed by atoms with Crippen molar-refractivity contribution < 1.29 is 14.1 Å². The topological polar surface area (TPSA) is 64.4 Å². The minimum Gasteiger partial charge on any atom is -0.481 e. The highest BCUT2D eigenvalue weighted by Crippen LogP contribution is 2.25. The molecule has 0 saturated carbocycles. The van der Waals surface area contributed by atoms with E-state index >= 15 is 0 Å². The van der Waals surface area contributed by atoms with E-state index in [0.717, 1.165) is 16.9 Å². The Labute approximate surface area is 137 Å². The number of hydrogen-bond donors (Lipinski definition) is 1. The van der Waals surface area contributed by atoms with Gasteiger partial charge in [0.05, 0.1) is 0 Å². The van der Waals surface area contributed by atoms with Crippen molar-refractivity contribution in [3.63, 3.8) is 0 Å². The van der Waals surface area contributed by atoms with Crippen LogP contribution in [0.2, 0.25) is 0 Å². The number of anilines is 1. The maximum atomic E-state index is 12.3. The quantitative estimate of drug-likeness (QED) is 0.926. The van der Waals surface area contributed by atoms with Crippen LogP contribution in [-0.4, -0.2) is 17.2 Å². The van der Waals surface area contributed by atoms with Crippen LogP contribution in [0.1, 0.15) is 44.6 Å². The molecule has 0 bridgehead atoms. The number of carbonyl (C=O) groups excluding carboxylic acids is 1. The molecule has 1 aromatic heterocycles. The third-order valence-corrected chi connectivity index (χ3v) is 3.73. The smallest absolute Gasteiger partial charge is 0.266 e. The first-order chi connectivity index (χ1) is 10.7. The summed E-state index contributed by atoms with van der Waals surface area (Å²) < 4.78 is 11.0. The Morgan fingerprint density at radius 3 is 2.61 bits per heavy atom. The number of ether oxygens (including phenoxy) is 1. The summed E-state index contributed by atoms with van der Waals surface area (Å²) in [5.41, 5.74) is 2.00. The highest BCUT2D eigenvalue weighted by atomic mass is 16.5. The molecule has 1 amide bonds. The Morgan fingerprint density at radius 1 is 1.30 bits per heavy atom. The van der Waals surface area contributed by atoms with Gasteiger partial charge in [0.2, 0.25) is 0 Å². The second-order valence-corrected chi connectivity index (χ2v) is 6.77. The summed E-state index contributed by atoms with van der Waals surface area (Å²) in [5, 5.41) is 6.60. The Kier molecular flexibility index (Phi) is 4.78. The molecule has 1 atom stereocenters. The van der Waals surface area contributed by atoms with Crippen LogP contribution in [0, 0.1) is 13.8 Å². The average Bonchev–Trinajstić information content (AvgIpc) is 2.92. The molecule has 0 aliphatic heterocycles. The zero-order valence-electron chi connectivity index (χ0n) is 14.6. The van der Waals surface area contributed by atoms with Crippen LogP contribution in [0.15, 0.2) is 28.8 Å². The van der Waals surface area contributed by atoms with E-state index in [1.54, 1.807) is 13.0 Å². The molecule has 0 aliphatic carbocycles. The van der Waals surface area contributed by atoms with Crippen LogP contribution in [-0.2, 0) is 10.2 Å². The second kappa shape index (κ2) is 6.44. The number of aromatic nitrogens is 1. The first-order valence-electron chi connectivity index (χ1n) is 7.69. The van der Waals surface area contributed by atoms with E-state index in [9.17, 15) is 4.79 Å². The van der Waals surface area contributed by atoms with Crippen molar-refractivity contribution in [2.75, 3.05) is 5.32 Å². The predicted molar refractivity (Wildman–Crippen MR) is 89.8 cm³/mol. The lowest BCUT2D eigenvalue weighted by Gasteiger charge is -2.16. The Hall–Kier alpha value is -2.30. The zero-order valence-corrected chi connectivity index (χ0v) is 14.6. The van der Waals surface area contributed by atoms with Gasteiger partial charge in [-0.1, -0.05) is 38.1 Å². The van der Waals surface area contributed by atoms with E-state index < -0.39 is 6.10 Å². The van der Waals surface area contributed by atoms with Gasteiger partial charge in [-0.25, -0.2) is 0 Å². The van der Waals surface area contributed by atoms with Gasteiger partial charge in [-0.3, -0.25) is 4.79 Å². The molecule has 2 aromatic rings. The van der Waals surface area contributed by atoms with Crippen LogP contribution in [0.5, 0.6) is 5.75 Å². The molecule has 5 heteroatoms. The molecule has 0 aliphatic rings. The van der Waals surface area contributed by atoms with Crippen LogP contribution < -0.4 is 10.1 Å². The lowest BCUT2D eigenvalue weighted by molar-refractivity contribution is -0.122. The summed E-state index contributed by atoms with van der Waals surface area (Å²) in [7, 11) is 0. The van der Waals surface area contributed by atoms with Gasteiger partial charge in [-0.2, -0.15) is 0 Å². The fraction of sp³-hybridized carbons (Fsp3) is 0.444. The van der Waals surface area contributed by atoms with Gasteiger partial charge in [-0.15, -0.1) is 0 Å². The lowest BCUT2D eigenvalue weighted by atomic mass is 9.93. The number of nitrogens with zero attached hydrogens (tertiary/aromatic N) is 1. The third kappa shape index (κ3) is 4.12. The van der Waals surface area contributed by atoms with Gasteiger partial charge in [0.15, 0.2) is 11.9 Å². The predicted octanol–water partition coefficient (Wildman–Crippen LogP) is 3.99. The number of aryl methyl sites for hydroxylation is 1. The average molecular weight is 316 g/mol. The lowest BCUT2D eigenvalue weighted by Crippen LogP contribution is -2.30. The molecule has 0 unspecified atom stereocenters. The summed E-state index contributed by atoms with van der Waals surface area (Å²) in [4.78, 5) is 12.3.